The van der Waals surface area contributed by atoms with E-state index >= 15 is 0 Å². The van der Waals surface area contributed by atoms with Crippen LogP contribution >= 0.6 is 15.9 Å². The van der Waals surface area contributed by atoms with Crippen molar-refractivity contribution in [2.75, 3.05) is 0 Å². The van der Waals surface area contributed by atoms with Crippen LogP contribution in [0.2, 0.25) is 0 Å². The summed E-state index contributed by atoms with van der Waals surface area (Å²) in [5, 5.41) is 0. The molecule has 0 atom stereocenters. The van der Waals surface area contributed by atoms with Gasteiger partial charge in [-0.1, -0.05) is 20.8 Å². The van der Waals surface area contributed by atoms with Gasteiger partial charge in [-0.15, -0.1) is 0 Å². The Morgan fingerprint density at radius 2 is 1.93 bits per heavy atom. The van der Waals surface area contributed by atoms with Gasteiger partial charge < -0.3 is 4.42 Å². The van der Waals surface area contributed by atoms with Gasteiger partial charge in [0.15, 0.2) is 5.58 Å². The summed E-state index contributed by atoms with van der Waals surface area (Å²) < 4.78 is 6.73. The first-order chi connectivity index (χ1) is 6.88. The highest BCUT2D eigenvalue weighted by molar-refractivity contribution is 9.10. The average Bonchev–Trinajstić information content (AvgIpc) is 2.46. The van der Waals surface area contributed by atoms with Gasteiger partial charge in [0.1, 0.15) is 5.52 Å². The van der Waals surface area contributed by atoms with Gasteiger partial charge in [-0.3, -0.25) is 0 Å². The number of rotatable bonds is 0. The van der Waals surface area contributed by atoms with Crippen molar-refractivity contribution in [3.05, 3.63) is 28.1 Å². The van der Waals surface area contributed by atoms with Crippen molar-refractivity contribution in [3.8, 4) is 0 Å². The summed E-state index contributed by atoms with van der Waals surface area (Å²) in [6, 6.07) is 4.08. The summed E-state index contributed by atoms with van der Waals surface area (Å²) in [6.07, 6.45) is 0. The number of fused-ring (bicyclic) bond motifs is 1. The molecule has 0 spiro atoms. The van der Waals surface area contributed by atoms with Crippen molar-refractivity contribution in [2.45, 2.75) is 33.1 Å². The van der Waals surface area contributed by atoms with Crippen LogP contribution in [0, 0.1) is 6.92 Å². The Morgan fingerprint density at radius 3 is 2.53 bits per heavy atom. The molecule has 0 aliphatic carbocycles. The van der Waals surface area contributed by atoms with Gasteiger partial charge in [0.05, 0.1) is 4.47 Å². The second kappa shape index (κ2) is 3.34. The van der Waals surface area contributed by atoms with Gasteiger partial charge in [0, 0.05) is 5.41 Å². The molecule has 2 rings (SSSR count). The minimum atomic E-state index is -0.0492. The Balaban J connectivity index is 2.71. The Labute approximate surface area is 97.8 Å². The first-order valence-electron chi connectivity index (χ1n) is 4.95. The van der Waals surface area contributed by atoms with Crippen LogP contribution in [0.3, 0.4) is 0 Å². The Morgan fingerprint density at radius 1 is 1.27 bits per heavy atom. The molecule has 3 heteroatoms. The predicted octanol–water partition coefficient (Wildman–Crippen LogP) is 4.20. The summed E-state index contributed by atoms with van der Waals surface area (Å²) in [7, 11) is 0. The SMILES string of the molecule is Cc1cc(Br)c2oc(C(C)(C)C)nc2c1. The van der Waals surface area contributed by atoms with Gasteiger partial charge in [-0.05, 0) is 40.5 Å². The monoisotopic (exact) mass is 267 g/mol. The van der Waals surface area contributed by atoms with Crippen LogP contribution in [0.25, 0.3) is 11.1 Å². The predicted molar refractivity (Wildman–Crippen MR) is 65.1 cm³/mol. The first kappa shape index (κ1) is 10.7. The third kappa shape index (κ3) is 1.93. The van der Waals surface area contributed by atoms with Crippen molar-refractivity contribution in [2.24, 2.45) is 0 Å². The smallest absolute Gasteiger partial charge is 0.200 e. The number of aryl methyl sites for hydroxylation is 1. The summed E-state index contributed by atoms with van der Waals surface area (Å²) in [5.74, 6) is 0.781. The van der Waals surface area contributed by atoms with Crippen LogP contribution in [-0.2, 0) is 5.41 Å². The minimum Gasteiger partial charge on any atom is -0.439 e. The summed E-state index contributed by atoms with van der Waals surface area (Å²) in [5.41, 5.74) is 2.90. The lowest BCUT2D eigenvalue weighted by atomic mass is 9.97. The van der Waals surface area contributed by atoms with Crippen LogP contribution in [-0.4, -0.2) is 4.98 Å². The lowest BCUT2D eigenvalue weighted by Gasteiger charge is -2.11. The van der Waals surface area contributed by atoms with Crippen LogP contribution in [0.5, 0.6) is 0 Å². The summed E-state index contributed by atoms with van der Waals surface area (Å²) in [6.45, 7) is 8.34. The lowest BCUT2D eigenvalue weighted by molar-refractivity contribution is 0.410. The fourth-order valence-electron chi connectivity index (χ4n) is 1.44. The molecule has 0 unspecified atom stereocenters. The van der Waals surface area contributed by atoms with Crippen molar-refractivity contribution in [1.82, 2.24) is 4.98 Å². The Hall–Kier alpha value is -0.830. The molecular formula is C12H14BrNO. The number of hydrogen-bond acceptors (Lipinski definition) is 2. The number of hydrogen-bond donors (Lipinski definition) is 0. The fourth-order valence-corrected chi connectivity index (χ4v) is 2.09. The largest absolute Gasteiger partial charge is 0.439 e. The average molecular weight is 268 g/mol. The van der Waals surface area contributed by atoms with Crippen LogP contribution in [0.15, 0.2) is 21.0 Å². The molecule has 2 aromatic rings. The van der Waals surface area contributed by atoms with Crippen molar-refractivity contribution in [1.29, 1.82) is 0 Å². The van der Waals surface area contributed by atoms with Crippen LogP contribution in [0.4, 0.5) is 0 Å². The van der Waals surface area contributed by atoms with E-state index in [0.29, 0.717) is 0 Å². The zero-order valence-corrected chi connectivity index (χ0v) is 11.0. The van der Waals surface area contributed by atoms with Gasteiger partial charge in [0.2, 0.25) is 5.89 Å². The number of aromatic nitrogens is 1. The van der Waals surface area contributed by atoms with E-state index in [1.807, 2.05) is 12.1 Å². The zero-order chi connectivity index (χ0) is 11.2. The third-order valence-corrected chi connectivity index (χ3v) is 2.82. The molecule has 0 fully saturated rings. The van der Waals surface area contributed by atoms with Gasteiger partial charge in [-0.25, -0.2) is 4.98 Å². The lowest BCUT2D eigenvalue weighted by Crippen LogP contribution is -2.10. The molecule has 0 amide bonds. The molecule has 0 radical (unpaired) electrons. The van der Waals surface area contributed by atoms with Gasteiger partial charge in [-0.2, -0.15) is 0 Å². The maximum Gasteiger partial charge on any atom is 0.200 e. The van der Waals surface area contributed by atoms with Crippen molar-refractivity contribution >= 4 is 27.0 Å². The van der Waals surface area contributed by atoms with E-state index in [-0.39, 0.29) is 5.41 Å². The highest BCUT2D eigenvalue weighted by Crippen LogP contribution is 2.30. The number of halogens is 1. The maximum absolute atomic E-state index is 5.76. The molecule has 15 heavy (non-hydrogen) atoms. The number of nitrogens with zero attached hydrogens (tertiary/aromatic N) is 1. The third-order valence-electron chi connectivity index (χ3n) is 2.23. The maximum atomic E-state index is 5.76. The molecular weight excluding hydrogens is 254 g/mol. The topological polar surface area (TPSA) is 26.0 Å². The van der Waals surface area contributed by atoms with Crippen molar-refractivity contribution < 1.29 is 4.42 Å². The number of oxazole rings is 1. The number of benzene rings is 1. The molecule has 0 saturated heterocycles. The minimum absolute atomic E-state index is 0.0492. The van der Waals surface area contributed by atoms with Crippen LogP contribution in [0.1, 0.15) is 32.2 Å². The second-order valence-corrected chi connectivity index (χ2v) is 5.72. The molecule has 0 bridgehead atoms. The van der Waals surface area contributed by atoms with E-state index in [1.54, 1.807) is 0 Å². The van der Waals surface area contributed by atoms with Gasteiger partial charge in [0.25, 0.3) is 0 Å². The molecule has 1 aromatic carbocycles. The molecule has 0 N–H and O–H groups in total. The van der Waals surface area contributed by atoms with Crippen LogP contribution < -0.4 is 0 Å². The molecule has 1 aromatic heterocycles. The van der Waals surface area contributed by atoms with E-state index in [1.165, 1.54) is 5.56 Å². The Kier molecular flexibility index (Phi) is 2.38. The van der Waals surface area contributed by atoms with E-state index in [4.69, 9.17) is 4.42 Å². The molecule has 0 saturated carbocycles. The summed E-state index contributed by atoms with van der Waals surface area (Å²) >= 11 is 3.49. The Bertz CT molecular complexity index is 508. The fraction of sp³-hybridized carbons (Fsp3) is 0.417. The quantitative estimate of drug-likeness (QED) is 0.715. The zero-order valence-electron chi connectivity index (χ0n) is 9.39. The molecule has 1 heterocycles. The molecule has 0 aliphatic rings. The standard InChI is InChI=1S/C12H14BrNO/c1-7-5-8(13)10-9(6-7)14-11(15-10)12(2,3)4/h5-6H,1-4H3. The summed E-state index contributed by atoms with van der Waals surface area (Å²) in [4.78, 5) is 4.51. The molecule has 80 valence electrons. The van der Waals surface area contributed by atoms with E-state index < -0.39 is 0 Å². The van der Waals surface area contributed by atoms with Gasteiger partial charge >= 0.3 is 0 Å². The highest BCUT2D eigenvalue weighted by atomic mass is 79.9. The first-order valence-corrected chi connectivity index (χ1v) is 5.74. The second-order valence-electron chi connectivity index (χ2n) is 4.86. The molecule has 0 aliphatic heterocycles. The molecule has 2 nitrogen and oxygen atoms in total. The highest BCUT2D eigenvalue weighted by Gasteiger charge is 2.21. The van der Waals surface area contributed by atoms with E-state index in [2.05, 4.69) is 48.6 Å². The normalized spacial score (nSPS) is 12.3. The van der Waals surface area contributed by atoms with E-state index in [9.17, 15) is 0 Å². The van der Waals surface area contributed by atoms with E-state index in [0.717, 1.165) is 21.5 Å². The van der Waals surface area contributed by atoms with Crippen molar-refractivity contribution in [3.63, 3.8) is 0 Å².